The molecule has 1 fully saturated rings. The van der Waals surface area contributed by atoms with Crippen molar-refractivity contribution in [1.29, 1.82) is 0 Å². The van der Waals surface area contributed by atoms with Crippen LogP contribution in [0.5, 0.6) is 0 Å². The van der Waals surface area contributed by atoms with Crippen LogP contribution in [0.25, 0.3) is 0 Å². The van der Waals surface area contributed by atoms with Gasteiger partial charge in [-0.15, -0.1) is 0 Å². The molecule has 0 saturated heterocycles. The molecular weight excluding hydrogens is 274 g/mol. The molecule has 1 N–H and O–H groups in total. The van der Waals surface area contributed by atoms with Crippen molar-refractivity contribution in [2.75, 3.05) is 7.11 Å². The summed E-state index contributed by atoms with van der Waals surface area (Å²) in [6.07, 6.45) is 2.50. The molecule has 0 aromatic carbocycles. The number of ketones is 1. The zero-order valence-electron chi connectivity index (χ0n) is 13.2. The van der Waals surface area contributed by atoms with Crippen molar-refractivity contribution in [2.45, 2.75) is 64.5 Å². The van der Waals surface area contributed by atoms with E-state index in [9.17, 15) is 14.4 Å². The van der Waals surface area contributed by atoms with Crippen LogP contribution in [0.15, 0.2) is 0 Å². The van der Waals surface area contributed by atoms with Crippen LogP contribution in [0.3, 0.4) is 0 Å². The minimum Gasteiger partial charge on any atom is -0.469 e. The fraction of sp³-hybridized carbons (Fsp3) is 0.800. The molecule has 0 aliphatic heterocycles. The topological polar surface area (TPSA) is 81.7 Å². The summed E-state index contributed by atoms with van der Waals surface area (Å²) in [6.45, 7) is 5.36. The summed E-state index contributed by atoms with van der Waals surface area (Å²) in [5.74, 6) is -1.06. The van der Waals surface area contributed by atoms with Crippen molar-refractivity contribution >= 4 is 17.8 Å². The first kappa shape index (κ1) is 17.5. The predicted octanol–water partition coefficient (Wildman–Crippen LogP) is 2.20. The molecule has 0 aromatic heterocycles. The van der Waals surface area contributed by atoms with Gasteiger partial charge in [0.1, 0.15) is 17.8 Å². The fourth-order valence-corrected chi connectivity index (χ4v) is 2.49. The van der Waals surface area contributed by atoms with Gasteiger partial charge in [0, 0.05) is 12.0 Å². The number of Topliss-reactive ketones (excluding diaryl/α,β-unsaturated/α-hetero) is 1. The molecule has 1 saturated carbocycles. The minimum atomic E-state index is -0.579. The van der Waals surface area contributed by atoms with E-state index in [2.05, 4.69) is 10.1 Å². The summed E-state index contributed by atoms with van der Waals surface area (Å²) in [5.41, 5.74) is -0.579. The van der Waals surface area contributed by atoms with Crippen molar-refractivity contribution in [2.24, 2.45) is 5.92 Å². The smallest absolute Gasteiger partial charge is 0.407 e. The quantitative estimate of drug-likeness (QED) is 0.635. The normalized spacial score (nSPS) is 22.3. The lowest BCUT2D eigenvalue weighted by Crippen LogP contribution is -2.47. The third-order valence-electron chi connectivity index (χ3n) is 3.43. The molecule has 2 unspecified atom stereocenters. The van der Waals surface area contributed by atoms with Crippen LogP contribution in [0, 0.1) is 5.92 Å². The number of amides is 1. The first-order valence-corrected chi connectivity index (χ1v) is 7.32. The monoisotopic (exact) mass is 299 g/mol. The number of carbonyl (C=O) groups excluding carboxylic acids is 3. The second-order valence-corrected chi connectivity index (χ2v) is 6.36. The lowest BCUT2D eigenvalue weighted by Gasteiger charge is -2.31. The molecule has 6 nitrogen and oxygen atoms in total. The van der Waals surface area contributed by atoms with Crippen molar-refractivity contribution in [1.82, 2.24) is 5.32 Å². The lowest BCUT2D eigenvalue weighted by molar-refractivity contribution is -0.144. The molecule has 0 aromatic rings. The molecule has 1 aliphatic rings. The van der Waals surface area contributed by atoms with Gasteiger partial charge in [0.25, 0.3) is 0 Å². The summed E-state index contributed by atoms with van der Waals surface area (Å²) in [6, 6.07) is -0.272. The summed E-state index contributed by atoms with van der Waals surface area (Å²) >= 11 is 0. The molecule has 0 heterocycles. The maximum atomic E-state index is 12.2. The van der Waals surface area contributed by atoms with E-state index in [0.717, 1.165) is 19.3 Å². The maximum absolute atomic E-state index is 12.2. The van der Waals surface area contributed by atoms with E-state index in [0.29, 0.717) is 6.42 Å². The minimum absolute atomic E-state index is 0.178. The molecule has 2 atom stereocenters. The summed E-state index contributed by atoms with van der Waals surface area (Å²) in [4.78, 5) is 35.2. The SMILES string of the molecule is COC(=O)CC(=O)C1CCCCC1NC(=O)OC(C)(C)C. The number of carbonyl (C=O) groups is 3. The molecule has 0 spiro atoms. The van der Waals surface area contributed by atoms with Gasteiger partial charge in [-0.2, -0.15) is 0 Å². The fourth-order valence-electron chi connectivity index (χ4n) is 2.49. The molecule has 0 radical (unpaired) electrons. The van der Waals surface area contributed by atoms with Crippen LogP contribution in [0.1, 0.15) is 52.9 Å². The first-order valence-electron chi connectivity index (χ1n) is 7.32. The highest BCUT2D eigenvalue weighted by atomic mass is 16.6. The Morgan fingerprint density at radius 1 is 1.14 bits per heavy atom. The molecule has 120 valence electrons. The van der Waals surface area contributed by atoms with Gasteiger partial charge in [0.2, 0.25) is 0 Å². The highest BCUT2D eigenvalue weighted by Crippen LogP contribution is 2.26. The summed E-state index contributed by atoms with van der Waals surface area (Å²) in [7, 11) is 1.26. The van der Waals surface area contributed by atoms with E-state index >= 15 is 0 Å². The lowest BCUT2D eigenvalue weighted by atomic mass is 9.81. The Kier molecular flexibility index (Phi) is 6.18. The van der Waals surface area contributed by atoms with E-state index in [1.54, 1.807) is 20.8 Å². The van der Waals surface area contributed by atoms with Gasteiger partial charge in [-0.25, -0.2) is 4.79 Å². The standard InChI is InChI=1S/C15H25NO5/c1-15(2,3)21-14(19)16-11-8-6-5-7-10(11)12(17)9-13(18)20-4/h10-11H,5-9H2,1-4H3,(H,16,19). The van der Waals surface area contributed by atoms with E-state index in [1.165, 1.54) is 7.11 Å². The Morgan fingerprint density at radius 2 is 1.76 bits per heavy atom. The highest BCUT2D eigenvalue weighted by molar-refractivity contribution is 5.97. The van der Waals surface area contributed by atoms with Crippen LogP contribution in [0.4, 0.5) is 4.79 Å². The Bertz CT molecular complexity index is 399. The number of esters is 1. The van der Waals surface area contributed by atoms with Gasteiger partial charge >= 0.3 is 12.1 Å². The Balaban J connectivity index is 2.62. The Hall–Kier alpha value is -1.59. The molecule has 21 heavy (non-hydrogen) atoms. The number of methoxy groups -OCH3 is 1. The molecular formula is C15H25NO5. The van der Waals surface area contributed by atoms with Crippen molar-refractivity contribution in [3.05, 3.63) is 0 Å². The van der Waals surface area contributed by atoms with Gasteiger partial charge in [0.05, 0.1) is 7.11 Å². The van der Waals surface area contributed by atoms with Gasteiger partial charge in [-0.3, -0.25) is 9.59 Å². The molecule has 6 heteroatoms. The number of nitrogens with one attached hydrogen (secondary N) is 1. The van der Waals surface area contributed by atoms with Crippen LogP contribution in [0.2, 0.25) is 0 Å². The Morgan fingerprint density at radius 3 is 2.33 bits per heavy atom. The second-order valence-electron chi connectivity index (χ2n) is 6.36. The number of alkyl carbamates (subject to hydrolysis) is 1. The van der Waals surface area contributed by atoms with Crippen molar-refractivity contribution in [3.63, 3.8) is 0 Å². The molecule has 1 aliphatic carbocycles. The van der Waals surface area contributed by atoms with Crippen LogP contribution >= 0.6 is 0 Å². The molecule has 1 amide bonds. The van der Waals surface area contributed by atoms with E-state index in [1.807, 2.05) is 0 Å². The third-order valence-corrected chi connectivity index (χ3v) is 3.43. The van der Waals surface area contributed by atoms with Gasteiger partial charge < -0.3 is 14.8 Å². The predicted molar refractivity (Wildman–Crippen MR) is 76.8 cm³/mol. The number of hydrogen-bond acceptors (Lipinski definition) is 5. The zero-order chi connectivity index (χ0) is 16.0. The summed E-state index contributed by atoms with van der Waals surface area (Å²) in [5, 5.41) is 2.76. The maximum Gasteiger partial charge on any atom is 0.407 e. The Labute approximate surface area is 125 Å². The largest absolute Gasteiger partial charge is 0.469 e. The summed E-state index contributed by atoms with van der Waals surface area (Å²) < 4.78 is 9.74. The average molecular weight is 299 g/mol. The molecule has 1 rings (SSSR count). The molecule has 0 bridgehead atoms. The number of rotatable bonds is 4. The van der Waals surface area contributed by atoms with Gasteiger partial charge in [-0.1, -0.05) is 12.8 Å². The van der Waals surface area contributed by atoms with Crippen molar-refractivity contribution in [3.8, 4) is 0 Å². The van der Waals surface area contributed by atoms with E-state index < -0.39 is 17.7 Å². The van der Waals surface area contributed by atoms with Gasteiger partial charge in [0.15, 0.2) is 0 Å². The zero-order valence-corrected chi connectivity index (χ0v) is 13.2. The van der Waals surface area contributed by atoms with Crippen LogP contribution in [-0.4, -0.2) is 36.6 Å². The third kappa shape index (κ3) is 6.14. The van der Waals surface area contributed by atoms with Crippen molar-refractivity contribution < 1.29 is 23.9 Å². The highest BCUT2D eigenvalue weighted by Gasteiger charge is 2.33. The van der Waals surface area contributed by atoms with E-state index in [4.69, 9.17) is 4.74 Å². The van der Waals surface area contributed by atoms with E-state index in [-0.39, 0.29) is 24.2 Å². The van der Waals surface area contributed by atoms with Crippen LogP contribution in [-0.2, 0) is 19.1 Å². The number of hydrogen-bond donors (Lipinski definition) is 1. The average Bonchev–Trinajstić information content (AvgIpc) is 2.36. The first-order chi connectivity index (χ1) is 9.73. The second kappa shape index (κ2) is 7.43. The van der Waals surface area contributed by atoms with Crippen LogP contribution < -0.4 is 5.32 Å². The van der Waals surface area contributed by atoms with Gasteiger partial charge in [-0.05, 0) is 33.6 Å². The number of ether oxygens (including phenoxy) is 2.